The summed E-state index contributed by atoms with van der Waals surface area (Å²) in [6.45, 7) is 10.1. The summed E-state index contributed by atoms with van der Waals surface area (Å²) >= 11 is 0. The minimum atomic E-state index is -3.72. The molecule has 1 fully saturated rings. The summed E-state index contributed by atoms with van der Waals surface area (Å²) in [6.07, 6.45) is 1.37. The molecule has 7 nitrogen and oxygen atoms in total. The molecule has 1 amide bonds. The Bertz CT molecular complexity index is 1040. The van der Waals surface area contributed by atoms with E-state index in [4.69, 9.17) is 4.74 Å². The average molecular weight is 460 g/mol. The highest BCUT2D eigenvalue weighted by Crippen LogP contribution is 2.26. The van der Waals surface area contributed by atoms with E-state index in [1.165, 1.54) is 0 Å². The molecule has 1 heterocycles. The molecule has 0 radical (unpaired) electrons. The van der Waals surface area contributed by atoms with Crippen LogP contribution in [-0.2, 0) is 21.4 Å². The van der Waals surface area contributed by atoms with Gasteiger partial charge in [-0.3, -0.25) is 4.79 Å². The number of sulfonamides is 1. The maximum Gasteiger partial charge on any atom is 0.241 e. The normalized spacial score (nSPS) is 14.4. The summed E-state index contributed by atoms with van der Waals surface area (Å²) in [5, 5.41) is 0. The second kappa shape index (κ2) is 10.9. The summed E-state index contributed by atoms with van der Waals surface area (Å²) < 4.78 is 34.6. The van der Waals surface area contributed by atoms with E-state index in [-0.39, 0.29) is 17.3 Å². The lowest BCUT2D eigenvalue weighted by molar-refractivity contribution is -0.117. The molecule has 1 aliphatic heterocycles. The van der Waals surface area contributed by atoms with Gasteiger partial charge in [-0.1, -0.05) is 32.0 Å². The predicted octanol–water partition coefficient (Wildman–Crippen LogP) is 3.32. The van der Waals surface area contributed by atoms with Crippen molar-refractivity contribution >= 4 is 21.6 Å². The van der Waals surface area contributed by atoms with Crippen molar-refractivity contribution in [1.29, 1.82) is 0 Å². The quantitative estimate of drug-likeness (QED) is 0.558. The fourth-order valence-corrected chi connectivity index (χ4v) is 5.12. The number of carbonyl (C=O) groups is 1. The second-order valence-electron chi connectivity index (χ2n) is 7.91. The highest BCUT2D eigenvalue weighted by Gasteiger charge is 2.24. The van der Waals surface area contributed by atoms with Crippen LogP contribution in [0.4, 0.5) is 5.69 Å². The van der Waals surface area contributed by atoms with Crippen molar-refractivity contribution in [2.45, 2.75) is 45.1 Å². The Morgan fingerprint density at radius 3 is 2.53 bits per heavy atom. The van der Waals surface area contributed by atoms with E-state index < -0.39 is 10.0 Å². The number of benzene rings is 2. The van der Waals surface area contributed by atoms with Crippen molar-refractivity contribution < 1.29 is 17.9 Å². The smallest absolute Gasteiger partial charge is 0.241 e. The molecule has 0 bridgehead atoms. The zero-order chi connectivity index (χ0) is 23.1. The molecular weight excluding hydrogens is 426 g/mol. The zero-order valence-electron chi connectivity index (χ0n) is 19.1. The van der Waals surface area contributed by atoms with E-state index in [1.54, 1.807) is 30.0 Å². The van der Waals surface area contributed by atoms with Gasteiger partial charge in [-0.05, 0) is 56.3 Å². The number of hydrogen-bond donors (Lipinski definition) is 1. The molecule has 0 atom stereocenters. The monoisotopic (exact) mass is 459 g/mol. The van der Waals surface area contributed by atoms with E-state index in [0.29, 0.717) is 30.9 Å². The molecule has 174 valence electrons. The van der Waals surface area contributed by atoms with Gasteiger partial charge in [-0.25, -0.2) is 13.1 Å². The van der Waals surface area contributed by atoms with Crippen molar-refractivity contribution in [3.63, 3.8) is 0 Å². The molecule has 2 aromatic carbocycles. The third-order valence-electron chi connectivity index (χ3n) is 5.82. The molecule has 2 aromatic rings. The molecule has 8 heteroatoms. The van der Waals surface area contributed by atoms with Crippen LogP contribution in [0.3, 0.4) is 0 Å². The van der Waals surface area contributed by atoms with Gasteiger partial charge in [0.2, 0.25) is 15.9 Å². The largest absolute Gasteiger partial charge is 0.492 e. The Hall–Kier alpha value is -2.42. The predicted molar refractivity (Wildman–Crippen MR) is 127 cm³/mol. The van der Waals surface area contributed by atoms with Crippen LogP contribution >= 0.6 is 0 Å². The average Bonchev–Trinajstić information content (AvgIpc) is 3.21. The Morgan fingerprint density at radius 1 is 1.12 bits per heavy atom. The van der Waals surface area contributed by atoms with Gasteiger partial charge in [0.15, 0.2) is 0 Å². The standard InChI is InChI=1S/C24H33N3O4S/c1-4-26(5-2)15-16-31-22-10-7-6-9-20(22)18-25-32(29,30)23-13-12-21(17-19(23)3)27-14-8-11-24(27)28/h6-7,9-10,12-13,17,25H,4-5,8,11,14-16,18H2,1-3H3. The van der Waals surface area contributed by atoms with Gasteiger partial charge in [-0.2, -0.15) is 0 Å². The Kier molecular flexibility index (Phi) is 8.28. The molecule has 1 N–H and O–H groups in total. The molecule has 0 spiro atoms. The number of anilines is 1. The molecule has 0 aromatic heterocycles. The third-order valence-corrected chi connectivity index (χ3v) is 7.38. The molecule has 1 aliphatic rings. The van der Waals surface area contributed by atoms with Gasteiger partial charge < -0.3 is 14.5 Å². The van der Waals surface area contributed by atoms with Crippen LogP contribution in [0.1, 0.15) is 37.8 Å². The van der Waals surface area contributed by atoms with Crippen molar-refractivity contribution in [3.05, 3.63) is 53.6 Å². The highest BCUT2D eigenvalue weighted by molar-refractivity contribution is 7.89. The SMILES string of the molecule is CCN(CC)CCOc1ccccc1CNS(=O)(=O)c1ccc(N2CCCC2=O)cc1C. The van der Waals surface area contributed by atoms with Crippen LogP contribution in [0, 0.1) is 6.92 Å². The molecule has 32 heavy (non-hydrogen) atoms. The lowest BCUT2D eigenvalue weighted by Gasteiger charge is -2.19. The van der Waals surface area contributed by atoms with Gasteiger partial charge >= 0.3 is 0 Å². The molecule has 0 saturated carbocycles. The van der Waals surface area contributed by atoms with Gasteiger partial charge in [0.1, 0.15) is 12.4 Å². The number of amides is 1. The van der Waals surface area contributed by atoms with Crippen molar-refractivity contribution in [1.82, 2.24) is 9.62 Å². The fraction of sp³-hybridized carbons (Fsp3) is 0.458. The first-order chi connectivity index (χ1) is 15.4. The van der Waals surface area contributed by atoms with Crippen LogP contribution in [0.5, 0.6) is 5.75 Å². The number of ether oxygens (including phenoxy) is 1. The van der Waals surface area contributed by atoms with Crippen molar-refractivity contribution in [2.75, 3.05) is 37.7 Å². The number of aryl methyl sites for hydroxylation is 1. The Labute approximate surface area is 191 Å². The Morgan fingerprint density at radius 2 is 1.88 bits per heavy atom. The minimum Gasteiger partial charge on any atom is -0.492 e. The molecular formula is C24H33N3O4S. The maximum absolute atomic E-state index is 13.0. The minimum absolute atomic E-state index is 0.0794. The number of rotatable bonds is 11. The summed E-state index contributed by atoms with van der Waals surface area (Å²) in [7, 11) is -3.72. The first-order valence-corrected chi connectivity index (χ1v) is 12.7. The Balaban J connectivity index is 1.67. The summed E-state index contributed by atoms with van der Waals surface area (Å²) in [5.41, 5.74) is 2.14. The summed E-state index contributed by atoms with van der Waals surface area (Å²) in [6, 6.07) is 12.5. The molecule has 3 rings (SSSR count). The molecule has 1 saturated heterocycles. The fourth-order valence-electron chi connectivity index (χ4n) is 3.89. The van der Waals surface area contributed by atoms with Crippen LogP contribution < -0.4 is 14.4 Å². The number of hydrogen-bond acceptors (Lipinski definition) is 5. The first kappa shape index (κ1) is 24.2. The topological polar surface area (TPSA) is 79.0 Å². The van der Waals surface area contributed by atoms with E-state index >= 15 is 0 Å². The molecule has 0 aliphatic carbocycles. The van der Waals surface area contributed by atoms with E-state index in [9.17, 15) is 13.2 Å². The van der Waals surface area contributed by atoms with Gasteiger partial charge in [-0.15, -0.1) is 0 Å². The lowest BCUT2D eigenvalue weighted by Crippen LogP contribution is -2.28. The number of likely N-dealkylation sites (N-methyl/N-ethyl adjacent to an activating group) is 1. The summed E-state index contributed by atoms with van der Waals surface area (Å²) in [4.78, 5) is 16.2. The van der Waals surface area contributed by atoms with E-state index in [0.717, 1.165) is 37.3 Å². The van der Waals surface area contributed by atoms with Gasteiger partial charge in [0.05, 0.1) is 4.90 Å². The number of nitrogens with zero attached hydrogens (tertiary/aromatic N) is 2. The van der Waals surface area contributed by atoms with Gasteiger partial charge in [0.25, 0.3) is 0 Å². The number of carbonyl (C=O) groups excluding carboxylic acids is 1. The van der Waals surface area contributed by atoms with Crippen LogP contribution in [0.25, 0.3) is 0 Å². The van der Waals surface area contributed by atoms with Crippen LogP contribution in [0.15, 0.2) is 47.4 Å². The zero-order valence-corrected chi connectivity index (χ0v) is 20.0. The maximum atomic E-state index is 13.0. The van der Waals surface area contributed by atoms with Crippen molar-refractivity contribution in [3.8, 4) is 5.75 Å². The summed E-state index contributed by atoms with van der Waals surface area (Å²) in [5.74, 6) is 0.762. The first-order valence-electron chi connectivity index (χ1n) is 11.2. The third kappa shape index (κ3) is 5.88. The number of para-hydroxylation sites is 1. The lowest BCUT2D eigenvalue weighted by atomic mass is 10.2. The van der Waals surface area contributed by atoms with E-state index in [2.05, 4.69) is 23.5 Å². The highest BCUT2D eigenvalue weighted by atomic mass is 32.2. The van der Waals surface area contributed by atoms with Crippen LogP contribution in [-0.4, -0.2) is 52.0 Å². The van der Waals surface area contributed by atoms with E-state index in [1.807, 2.05) is 24.3 Å². The van der Waals surface area contributed by atoms with Crippen LogP contribution in [0.2, 0.25) is 0 Å². The van der Waals surface area contributed by atoms with Gasteiger partial charge in [0, 0.05) is 37.3 Å². The van der Waals surface area contributed by atoms with Crippen molar-refractivity contribution in [2.24, 2.45) is 0 Å². The second-order valence-corrected chi connectivity index (χ2v) is 9.64. The number of nitrogens with one attached hydrogen (secondary N) is 1. The molecule has 0 unspecified atom stereocenters.